The zero-order chi connectivity index (χ0) is 19.2. The molecule has 2 amide bonds. The molecule has 0 saturated carbocycles. The maximum Gasteiger partial charge on any atom is 0.224 e. The predicted octanol–water partition coefficient (Wildman–Crippen LogP) is 2.31. The Kier molecular flexibility index (Phi) is 5.90. The van der Waals surface area contributed by atoms with E-state index in [0.29, 0.717) is 42.5 Å². The van der Waals surface area contributed by atoms with E-state index in [1.807, 2.05) is 0 Å². The van der Waals surface area contributed by atoms with E-state index in [-0.39, 0.29) is 30.6 Å². The lowest BCUT2D eigenvalue weighted by Crippen LogP contribution is -2.38. The predicted molar refractivity (Wildman–Crippen MR) is 98.6 cm³/mol. The highest BCUT2D eigenvalue weighted by Gasteiger charge is 2.17. The van der Waals surface area contributed by atoms with Gasteiger partial charge < -0.3 is 19.7 Å². The molecule has 0 saturated heterocycles. The van der Waals surface area contributed by atoms with Gasteiger partial charge in [-0.2, -0.15) is 0 Å². The third-order valence-corrected chi connectivity index (χ3v) is 4.13. The number of fused-ring (bicyclic) bond motifs is 1. The number of benzene rings is 2. The summed E-state index contributed by atoms with van der Waals surface area (Å²) in [7, 11) is 0. The molecule has 2 aromatic carbocycles. The van der Waals surface area contributed by atoms with Crippen LogP contribution in [-0.4, -0.2) is 38.1 Å². The van der Waals surface area contributed by atoms with E-state index < -0.39 is 0 Å². The standard InChI is InChI=1S/C20H21FN2O4/c1-14(24)23(17-5-6-18-19(13-17)27-10-9-26-18)8-7-22-20(25)12-15-3-2-4-16(21)11-15/h2-6,11,13H,7-10,12H2,1H3,(H,22,25). The normalized spacial score (nSPS) is 12.4. The Morgan fingerprint density at radius 3 is 2.63 bits per heavy atom. The first-order chi connectivity index (χ1) is 13.0. The Bertz CT molecular complexity index is 840. The Morgan fingerprint density at radius 2 is 1.89 bits per heavy atom. The molecular formula is C20H21FN2O4. The van der Waals surface area contributed by atoms with Gasteiger partial charge in [0.15, 0.2) is 11.5 Å². The van der Waals surface area contributed by atoms with Crippen LogP contribution in [0.1, 0.15) is 12.5 Å². The van der Waals surface area contributed by atoms with Gasteiger partial charge in [-0.1, -0.05) is 12.1 Å². The number of halogens is 1. The summed E-state index contributed by atoms with van der Waals surface area (Å²) < 4.78 is 24.2. The van der Waals surface area contributed by atoms with E-state index in [2.05, 4.69) is 5.32 Å². The third-order valence-electron chi connectivity index (χ3n) is 4.13. The summed E-state index contributed by atoms with van der Waals surface area (Å²) in [5.41, 5.74) is 1.27. The Hall–Kier alpha value is -3.09. The second-order valence-electron chi connectivity index (χ2n) is 6.16. The van der Waals surface area contributed by atoms with Crippen molar-refractivity contribution in [1.29, 1.82) is 0 Å². The molecule has 1 N–H and O–H groups in total. The van der Waals surface area contributed by atoms with E-state index in [9.17, 15) is 14.0 Å². The molecule has 0 radical (unpaired) electrons. The molecule has 1 heterocycles. The lowest BCUT2D eigenvalue weighted by molar-refractivity contribution is -0.121. The van der Waals surface area contributed by atoms with Gasteiger partial charge in [-0.3, -0.25) is 9.59 Å². The van der Waals surface area contributed by atoms with Crippen LogP contribution in [0.15, 0.2) is 42.5 Å². The highest BCUT2D eigenvalue weighted by atomic mass is 19.1. The van der Waals surface area contributed by atoms with E-state index in [0.717, 1.165) is 0 Å². The number of ether oxygens (including phenoxy) is 2. The minimum absolute atomic E-state index is 0.0852. The van der Waals surface area contributed by atoms with Gasteiger partial charge in [0.2, 0.25) is 11.8 Å². The van der Waals surface area contributed by atoms with Crippen LogP contribution in [0.2, 0.25) is 0 Å². The summed E-state index contributed by atoms with van der Waals surface area (Å²) in [4.78, 5) is 25.6. The molecule has 0 fully saturated rings. The van der Waals surface area contributed by atoms with Crippen molar-refractivity contribution in [2.45, 2.75) is 13.3 Å². The van der Waals surface area contributed by atoms with Crippen LogP contribution in [-0.2, 0) is 16.0 Å². The molecule has 0 aromatic heterocycles. The summed E-state index contributed by atoms with van der Waals surface area (Å²) in [5.74, 6) is 0.496. The van der Waals surface area contributed by atoms with E-state index in [1.54, 1.807) is 35.2 Å². The summed E-state index contributed by atoms with van der Waals surface area (Å²) >= 11 is 0. The van der Waals surface area contributed by atoms with Gasteiger partial charge in [0.05, 0.1) is 6.42 Å². The zero-order valence-electron chi connectivity index (χ0n) is 15.0. The summed E-state index contributed by atoms with van der Waals surface area (Å²) in [6.07, 6.45) is 0.0852. The number of hydrogen-bond donors (Lipinski definition) is 1. The van der Waals surface area contributed by atoms with Crippen molar-refractivity contribution in [3.05, 3.63) is 53.8 Å². The number of rotatable bonds is 6. The number of anilines is 1. The van der Waals surface area contributed by atoms with Crippen LogP contribution in [0.25, 0.3) is 0 Å². The largest absolute Gasteiger partial charge is 0.486 e. The highest BCUT2D eigenvalue weighted by molar-refractivity contribution is 5.92. The minimum atomic E-state index is -0.373. The third kappa shape index (κ3) is 4.97. The smallest absolute Gasteiger partial charge is 0.224 e. The first-order valence-electron chi connectivity index (χ1n) is 8.72. The van der Waals surface area contributed by atoms with Crippen LogP contribution in [0.5, 0.6) is 11.5 Å². The van der Waals surface area contributed by atoms with Crippen LogP contribution in [0, 0.1) is 5.82 Å². The first kappa shape index (κ1) is 18.7. The number of nitrogens with one attached hydrogen (secondary N) is 1. The van der Waals surface area contributed by atoms with Gasteiger partial charge in [0.25, 0.3) is 0 Å². The summed E-state index contributed by atoms with van der Waals surface area (Å²) in [6.45, 7) is 3.02. The van der Waals surface area contributed by atoms with Crippen molar-refractivity contribution in [3.63, 3.8) is 0 Å². The molecule has 0 unspecified atom stereocenters. The molecule has 1 aliphatic heterocycles. The number of carbonyl (C=O) groups is 2. The van der Waals surface area contributed by atoms with Crippen LogP contribution in [0.3, 0.4) is 0 Å². The first-order valence-corrected chi connectivity index (χ1v) is 8.72. The fourth-order valence-corrected chi connectivity index (χ4v) is 2.87. The van der Waals surface area contributed by atoms with Crippen molar-refractivity contribution in [1.82, 2.24) is 5.32 Å². The van der Waals surface area contributed by atoms with Crippen LogP contribution < -0.4 is 19.7 Å². The zero-order valence-corrected chi connectivity index (χ0v) is 15.0. The molecule has 7 heteroatoms. The SMILES string of the molecule is CC(=O)N(CCNC(=O)Cc1cccc(F)c1)c1ccc2c(c1)OCCO2. The van der Waals surface area contributed by atoms with Gasteiger partial charge in [-0.05, 0) is 29.8 Å². The molecule has 3 rings (SSSR count). The average Bonchev–Trinajstić information content (AvgIpc) is 2.64. The second-order valence-corrected chi connectivity index (χ2v) is 6.16. The van der Waals surface area contributed by atoms with E-state index in [4.69, 9.17) is 9.47 Å². The monoisotopic (exact) mass is 372 g/mol. The lowest BCUT2D eigenvalue weighted by Gasteiger charge is -2.24. The van der Waals surface area contributed by atoms with Gasteiger partial charge in [0, 0.05) is 31.8 Å². The fourth-order valence-electron chi connectivity index (χ4n) is 2.87. The second kappa shape index (κ2) is 8.53. The van der Waals surface area contributed by atoms with Crippen molar-refractivity contribution in [2.24, 2.45) is 0 Å². The highest BCUT2D eigenvalue weighted by Crippen LogP contribution is 2.33. The molecule has 142 valence electrons. The van der Waals surface area contributed by atoms with Crippen molar-refractivity contribution in [2.75, 3.05) is 31.2 Å². The number of hydrogen-bond acceptors (Lipinski definition) is 4. The number of nitrogens with zero attached hydrogens (tertiary/aromatic N) is 1. The molecule has 27 heavy (non-hydrogen) atoms. The van der Waals surface area contributed by atoms with E-state index in [1.165, 1.54) is 19.1 Å². The van der Waals surface area contributed by atoms with Gasteiger partial charge >= 0.3 is 0 Å². The Morgan fingerprint density at radius 1 is 1.11 bits per heavy atom. The molecule has 0 bridgehead atoms. The molecule has 0 spiro atoms. The van der Waals surface area contributed by atoms with E-state index >= 15 is 0 Å². The van der Waals surface area contributed by atoms with Gasteiger partial charge in [-0.15, -0.1) is 0 Å². The Balaban J connectivity index is 1.57. The van der Waals surface area contributed by atoms with Crippen molar-refractivity contribution in [3.8, 4) is 11.5 Å². The maximum atomic E-state index is 13.2. The minimum Gasteiger partial charge on any atom is -0.486 e. The fraction of sp³-hybridized carbons (Fsp3) is 0.300. The molecular weight excluding hydrogens is 351 g/mol. The Labute approximate surface area is 156 Å². The van der Waals surface area contributed by atoms with Gasteiger partial charge in [-0.25, -0.2) is 4.39 Å². The summed E-state index contributed by atoms with van der Waals surface area (Å²) in [5, 5.41) is 2.76. The number of amides is 2. The van der Waals surface area contributed by atoms with Crippen molar-refractivity contribution >= 4 is 17.5 Å². The molecule has 0 aliphatic carbocycles. The molecule has 2 aromatic rings. The van der Waals surface area contributed by atoms with Gasteiger partial charge in [0.1, 0.15) is 19.0 Å². The molecule has 6 nitrogen and oxygen atoms in total. The summed E-state index contributed by atoms with van der Waals surface area (Å²) in [6, 6.07) is 11.2. The molecule has 1 aliphatic rings. The quantitative estimate of drug-likeness (QED) is 0.845. The molecule has 0 atom stereocenters. The van der Waals surface area contributed by atoms with Crippen molar-refractivity contribution < 1.29 is 23.5 Å². The maximum absolute atomic E-state index is 13.2. The van der Waals surface area contributed by atoms with Crippen LogP contribution in [0.4, 0.5) is 10.1 Å². The lowest BCUT2D eigenvalue weighted by atomic mass is 10.1. The number of carbonyl (C=O) groups excluding carboxylic acids is 2. The average molecular weight is 372 g/mol. The topological polar surface area (TPSA) is 67.9 Å². The van der Waals surface area contributed by atoms with Crippen LogP contribution >= 0.6 is 0 Å².